The molecule has 2 heterocycles. The summed E-state index contributed by atoms with van der Waals surface area (Å²) in [5, 5.41) is 4.43. The van der Waals surface area contributed by atoms with Gasteiger partial charge in [0, 0.05) is 6.54 Å². The summed E-state index contributed by atoms with van der Waals surface area (Å²) >= 11 is 1.80. The highest BCUT2D eigenvalue weighted by Gasteiger charge is 2.17. The summed E-state index contributed by atoms with van der Waals surface area (Å²) in [6.45, 7) is 4.63. The van der Waals surface area contributed by atoms with Gasteiger partial charge in [-0.25, -0.2) is 0 Å². The molecule has 0 aliphatic carbocycles. The van der Waals surface area contributed by atoms with E-state index in [2.05, 4.69) is 21.7 Å². The number of piperidine rings is 1. The van der Waals surface area contributed by atoms with Crippen LogP contribution in [0.5, 0.6) is 0 Å². The van der Waals surface area contributed by atoms with Crippen molar-refractivity contribution < 1.29 is 0 Å². The van der Waals surface area contributed by atoms with Gasteiger partial charge in [-0.15, -0.1) is 0 Å². The molecular weight excluding hydrogens is 216 g/mol. The molecule has 0 aromatic carbocycles. The predicted octanol–water partition coefficient (Wildman–Crippen LogP) is 2.35. The van der Waals surface area contributed by atoms with E-state index in [1.165, 1.54) is 50.9 Å². The zero-order valence-electron chi connectivity index (χ0n) is 9.90. The highest BCUT2D eigenvalue weighted by molar-refractivity contribution is 7.07. The van der Waals surface area contributed by atoms with Gasteiger partial charge in [0.05, 0.1) is 0 Å². The van der Waals surface area contributed by atoms with Gasteiger partial charge in [-0.2, -0.15) is 11.3 Å². The fraction of sp³-hybridized carbons (Fsp3) is 0.692. The van der Waals surface area contributed by atoms with Gasteiger partial charge in [0.2, 0.25) is 0 Å². The molecule has 0 unspecified atom stereocenters. The minimum absolute atomic E-state index is 0.861. The summed E-state index contributed by atoms with van der Waals surface area (Å²) in [6, 6.07) is 2.24. The predicted molar refractivity (Wildman–Crippen MR) is 70.9 cm³/mol. The third-order valence-electron chi connectivity index (χ3n) is 3.58. The molecule has 3 heteroatoms. The summed E-state index contributed by atoms with van der Waals surface area (Å²) in [4.78, 5) is 2.60. The van der Waals surface area contributed by atoms with Crippen LogP contribution in [0.4, 0.5) is 0 Å². The minimum Gasteiger partial charge on any atom is -0.330 e. The summed E-state index contributed by atoms with van der Waals surface area (Å²) in [5.41, 5.74) is 7.10. The van der Waals surface area contributed by atoms with Crippen molar-refractivity contribution in [2.45, 2.75) is 25.7 Å². The third kappa shape index (κ3) is 3.58. The number of hydrogen-bond acceptors (Lipinski definition) is 3. The maximum absolute atomic E-state index is 5.60. The first-order valence-corrected chi connectivity index (χ1v) is 7.26. The standard InChI is InChI=1S/C13H22N2S/c14-6-1-12-2-7-15(8-3-12)9-4-13-5-10-16-11-13/h5,10-12H,1-4,6-9,14H2. The normalized spacial score (nSPS) is 19.1. The number of rotatable bonds is 5. The van der Waals surface area contributed by atoms with Gasteiger partial charge >= 0.3 is 0 Å². The Morgan fingerprint density at radius 2 is 2.19 bits per heavy atom. The molecule has 90 valence electrons. The lowest BCUT2D eigenvalue weighted by molar-refractivity contribution is 0.182. The summed E-state index contributed by atoms with van der Waals surface area (Å²) in [5.74, 6) is 0.891. The SMILES string of the molecule is NCCC1CCN(CCc2ccsc2)CC1. The first-order chi connectivity index (χ1) is 7.88. The van der Waals surface area contributed by atoms with Gasteiger partial charge < -0.3 is 10.6 Å². The number of hydrogen-bond donors (Lipinski definition) is 1. The Labute approximate surface area is 102 Å². The van der Waals surface area contributed by atoms with Crippen molar-refractivity contribution >= 4 is 11.3 Å². The van der Waals surface area contributed by atoms with Gasteiger partial charge in [0.15, 0.2) is 0 Å². The first-order valence-electron chi connectivity index (χ1n) is 6.32. The second-order valence-corrected chi connectivity index (χ2v) is 5.52. The van der Waals surface area contributed by atoms with E-state index in [4.69, 9.17) is 5.73 Å². The molecule has 2 N–H and O–H groups in total. The lowest BCUT2D eigenvalue weighted by Gasteiger charge is -2.31. The average Bonchev–Trinajstić information content (AvgIpc) is 2.82. The second-order valence-electron chi connectivity index (χ2n) is 4.74. The maximum atomic E-state index is 5.60. The monoisotopic (exact) mass is 238 g/mol. The van der Waals surface area contributed by atoms with E-state index in [0.717, 1.165) is 12.5 Å². The molecule has 0 spiro atoms. The molecule has 0 atom stereocenters. The molecule has 1 aliphatic heterocycles. The Balaban J connectivity index is 1.65. The molecule has 0 radical (unpaired) electrons. The Kier molecular flexibility index (Phi) is 4.82. The van der Waals surface area contributed by atoms with E-state index < -0.39 is 0 Å². The molecule has 1 aromatic rings. The average molecular weight is 238 g/mol. The highest BCUT2D eigenvalue weighted by atomic mass is 32.1. The quantitative estimate of drug-likeness (QED) is 0.853. The van der Waals surface area contributed by atoms with Crippen molar-refractivity contribution in [3.05, 3.63) is 22.4 Å². The molecule has 1 aromatic heterocycles. The van der Waals surface area contributed by atoms with Crippen LogP contribution in [0, 0.1) is 5.92 Å². The third-order valence-corrected chi connectivity index (χ3v) is 4.31. The van der Waals surface area contributed by atoms with E-state index in [-0.39, 0.29) is 0 Å². The van der Waals surface area contributed by atoms with Crippen molar-refractivity contribution in [2.24, 2.45) is 11.7 Å². The Hall–Kier alpha value is -0.380. The van der Waals surface area contributed by atoms with Crippen LogP contribution >= 0.6 is 11.3 Å². The highest BCUT2D eigenvalue weighted by Crippen LogP contribution is 2.20. The molecule has 16 heavy (non-hydrogen) atoms. The van der Waals surface area contributed by atoms with Gasteiger partial charge in [-0.3, -0.25) is 0 Å². The van der Waals surface area contributed by atoms with Crippen molar-refractivity contribution in [1.82, 2.24) is 4.90 Å². The van der Waals surface area contributed by atoms with E-state index in [1.54, 1.807) is 11.3 Å². The smallest absolute Gasteiger partial charge is 0.00221 e. The van der Waals surface area contributed by atoms with Crippen LogP contribution < -0.4 is 5.73 Å². The minimum atomic E-state index is 0.861. The maximum Gasteiger partial charge on any atom is 0.00221 e. The van der Waals surface area contributed by atoms with Crippen LogP contribution in [0.2, 0.25) is 0 Å². The van der Waals surface area contributed by atoms with Crippen molar-refractivity contribution in [2.75, 3.05) is 26.2 Å². The Bertz CT molecular complexity index is 276. The lowest BCUT2D eigenvalue weighted by atomic mass is 9.93. The number of likely N-dealkylation sites (tertiary alicyclic amines) is 1. The second kappa shape index (κ2) is 6.38. The zero-order valence-corrected chi connectivity index (χ0v) is 10.7. The molecule has 0 bridgehead atoms. The summed E-state index contributed by atoms with van der Waals surface area (Å²) < 4.78 is 0. The largest absolute Gasteiger partial charge is 0.330 e. The van der Waals surface area contributed by atoms with Crippen LogP contribution in [-0.2, 0) is 6.42 Å². The van der Waals surface area contributed by atoms with Crippen LogP contribution in [0.3, 0.4) is 0 Å². The van der Waals surface area contributed by atoms with Crippen LogP contribution in [-0.4, -0.2) is 31.1 Å². The summed E-state index contributed by atoms with van der Waals surface area (Å²) in [7, 11) is 0. The van der Waals surface area contributed by atoms with Crippen LogP contribution in [0.15, 0.2) is 16.8 Å². The number of thiophene rings is 1. The molecule has 0 saturated carbocycles. The summed E-state index contributed by atoms with van der Waals surface area (Å²) in [6.07, 6.45) is 5.13. The molecule has 2 rings (SSSR count). The van der Waals surface area contributed by atoms with E-state index in [0.29, 0.717) is 0 Å². The number of nitrogens with two attached hydrogens (primary N) is 1. The first kappa shape index (κ1) is 12.1. The van der Waals surface area contributed by atoms with E-state index >= 15 is 0 Å². The topological polar surface area (TPSA) is 29.3 Å². The molecule has 1 fully saturated rings. The molecule has 2 nitrogen and oxygen atoms in total. The Morgan fingerprint density at radius 1 is 1.38 bits per heavy atom. The van der Waals surface area contributed by atoms with Gasteiger partial charge in [-0.1, -0.05) is 0 Å². The lowest BCUT2D eigenvalue weighted by Crippen LogP contribution is -2.35. The van der Waals surface area contributed by atoms with Crippen LogP contribution in [0.25, 0.3) is 0 Å². The van der Waals surface area contributed by atoms with Gasteiger partial charge in [0.25, 0.3) is 0 Å². The van der Waals surface area contributed by atoms with Gasteiger partial charge in [-0.05, 0) is 73.6 Å². The Morgan fingerprint density at radius 3 is 2.81 bits per heavy atom. The van der Waals surface area contributed by atoms with Crippen LogP contribution in [0.1, 0.15) is 24.8 Å². The van der Waals surface area contributed by atoms with E-state index in [9.17, 15) is 0 Å². The fourth-order valence-electron chi connectivity index (χ4n) is 2.46. The van der Waals surface area contributed by atoms with Crippen molar-refractivity contribution in [3.63, 3.8) is 0 Å². The van der Waals surface area contributed by atoms with Gasteiger partial charge in [0.1, 0.15) is 0 Å². The molecular formula is C13H22N2S. The molecule has 1 aliphatic rings. The molecule has 0 amide bonds. The fourth-order valence-corrected chi connectivity index (χ4v) is 3.16. The van der Waals surface area contributed by atoms with Crippen molar-refractivity contribution in [3.8, 4) is 0 Å². The zero-order chi connectivity index (χ0) is 11.2. The molecule has 1 saturated heterocycles. The van der Waals surface area contributed by atoms with E-state index in [1.807, 2.05) is 0 Å². The van der Waals surface area contributed by atoms with Crippen molar-refractivity contribution in [1.29, 1.82) is 0 Å². The number of nitrogens with zero attached hydrogens (tertiary/aromatic N) is 1.